The molecule has 0 unspecified atom stereocenters. The van der Waals surface area contributed by atoms with Gasteiger partial charge in [-0.15, -0.1) is 0 Å². The third-order valence-electron chi connectivity index (χ3n) is 2.84. The number of aryl methyl sites for hydroxylation is 2. The van der Waals surface area contributed by atoms with Gasteiger partial charge in [0.05, 0.1) is 17.1 Å². The predicted molar refractivity (Wildman–Crippen MR) is 109 cm³/mol. The van der Waals surface area contributed by atoms with Gasteiger partial charge in [0.2, 0.25) is 0 Å². The molecule has 0 N–H and O–H groups in total. The van der Waals surface area contributed by atoms with E-state index in [4.69, 9.17) is 0 Å². The highest BCUT2D eigenvalue weighted by atomic mass is 15.0. The van der Waals surface area contributed by atoms with E-state index < -0.39 is 0 Å². The van der Waals surface area contributed by atoms with E-state index in [1.54, 1.807) is 0 Å². The zero-order chi connectivity index (χ0) is 17.8. The Balaban J connectivity index is 0. The summed E-state index contributed by atoms with van der Waals surface area (Å²) in [4.78, 5) is 9.11. The molecular weight excluding hydrogens is 294 g/mol. The summed E-state index contributed by atoms with van der Waals surface area (Å²) in [5.41, 5.74) is 5.04. The topological polar surface area (TPSA) is 30.2 Å². The Hall–Kier alpha value is -2.16. The van der Waals surface area contributed by atoms with E-state index in [0.29, 0.717) is 0 Å². The Labute approximate surface area is 148 Å². The van der Waals surface area contributed by atoms with Crippen molar-refractivity contribution in [3.63, 3.8) is 0 Å². The quantitative estimate of drug-likeness (QED) is 0.495. The molecular formula is C21H35N3. The van der Waals surface area contributed by atoms with Crippen LogP contribution in [0, 0.1) is 13.8 Å². The van der Waals surface area contributed by atoms with Crippen LogP contribution in [0.15, 0.2) is 42.6 Å². The summed E-state index contributed by atoms with van der Waals surface area (Å²) in [6, 6.07) is 12.1. The second kappa shape index (κ2) is 13.3. The zero-order valence-corrected chi connectivity index (χ0v) is 15.9. The Kier molecular flexibility index (Phi) is 13.3. The van der Waals surface area contributed by atoms with E-state index in [1.165, 1.54) is 0 Å². The van der Waals surface area contributed by atoms with Crippen molar-refractivity contribution < 1.29 is 0 Å². The average molecular weight is 330 g/mol. The molecule has 0 aliphatic rings. The molecule has 3 heterocycles. The van der Waals surface area contributed by atoms with Gasteiger partial charge in [0.15, 0.2) is 0 Å². The minimum atomic E-state index is 0. The van der Waals surface area contributed by atoms with Crippen molar-refractivity contribution in [3.8, 4) is 11.4 Å². The standard InChI is InChI=1S/C14H13N3.3C2H6.CH4/c1-10-6-5-7-12(15-10)14-11(2)16-13-8-3-4-9-17(13)14;3*1-2;/h3-9H,1-2H3;3*1-2H3;1H4. The number of nitrogens with zero attached hydrogens (tertiary/aromatic N) is 3. The number of aromatic nitrogens is 3. The zero-order valence-electron chi connectivity index (χ0n) is 15.9. The van der Waals surface area contributed by atoms with E-state index in [1.807, 2.05) is 98.0 Å². The number of fused-ring (bicyclic) bond motifs is 1. The molecule has 0 bridgehead atoms. The number of imidazole rings is 1. The van der Waals surface area contributed by atoms with Crippen molar-refractivity contribution in [2.24, 2.45) is 0 Å². The molecule has 0 fully saturated rings. The molecule has 3 heteroatoms. The van der Waals surface area contributed by atoms with Crippen LogP contribution in [0.25, 0.3) is 17.0 Å². The van der Waals surface area contributed by atoms with Gasteiger partial charge in [0.1, 0.15) is 5.65 Å². The third kappa shape index (κ3) is 5.80. The summed E-state index contributed by atoms with van der Waals surface area (Å²) in [6.07, 6.45) is 2.02. The van der Waals surface area contributed by atoms with Crippen LogP contribution in [0.2, 0.25) is 0 Å². The summed E-state index contributed by atoms with van der Waals surface area (Å²) < 4.78 is 2.08. The van der Waals surface area contributed by atoms with E-state index in [9.17, 15) is 0 Å². The van der Waals surface area contributed by atoms with Crippen molar-refractivity contribution in [3.05, 3.63) is 54.0 Å². The van der Waals surface area contributed by atoms with Crippen LogP contribution >= 0.6 is 0 Å². The first-order valence-corrected chi connectivity index (χ1v) is 8.63. The molecule has 0 saturated carbocycles. The summed E-state index contributed by atoms with van der Waals surface area (Å²) in [5.74, 6) is 0. The fourth-order valence-corrected chi connectivity index (χ4v) is 2.10. The first kappa shape index (κ1) is 24.1. The van der Waals surface area contributed by atoms with Gasteiger partial charge >= 0.3 is 0 Å². The Bertz CT molecular complexity index is 684. The maximum absolute atomic E-state index is 4.57. The lowest BCUT2D eigenvalue weighted by atomic mass is 10.2. The SMILES string of the molecule is C.CC.CC.CC.Cc1cccc(-c2c(C)nc3ccccn23)n1. The summed E-state index contributed by atoms with van der Waals surface area (Å²) in [5, 5.41) is 0. The van der Waals surface area contributed by atoms with E-state index in [-0.39, 0.29) is 7.43 Å². The second-order valence-electron chi connectivity index (χ2n) is 4.14. The smallest absolute Gasteiger partial charge is 0.137 e. The fraction of sp³-hybridized carbons (Fsp3) is 0.429. The van der Waals surface area contributed by atoms with E-state index in [2.05, 4.69) is 14.4 Å². The molecule has 3 nitrogen and oxygen atoms in total. The highest BCUT2D eigenvalue weighted by Gasteiger charge is 2.11. The molecule has 24 heavy (non-hydrogen) atoms. The van der Waals surface area contributed by atoms with Crippen LogP contribution in [-0.2, 0) is 0 Å². The molecule has 0 radical (unpaired) electrons. The molecule has 3 aromatic rings. The third-order valence-corrected chi connectivity index (χ3v) is 2.84. The van der Waals surface area contributed by atoms with Crippen LogP contribution in [0.4, 0.5) is 0 Å². The summed E-state index contributed by atoms with van der Waals surface area (Å²) in [7, 11) is 0. The molecule has 0 aliphatic heterocycles. The van der Waals surface area contributed by atoms with Gasteiger partial charge in [-0.3, -0.25) is 9.38 Å². The molecule has 0 saturated heterocycles. The average Bonchev–Trinajstić information content (AvgIpc) is 2.96. The van der Waals surface area contributed by atoms with Crippen LogP contribution in [0.1, 0.15) is 60.4 Å². The van der Waals surface area contributed by atoms with Crippen LogP contribution < -0.4 is 0 Å². The number of hydrogen-bond acceptors (Lipinski definition) is 2. The van der Waals surface area contributed by atoms with Crippen LogP contribution in [0.5, 0.6) is 0 Å². The number of hydrogen-bond donors (Lipinski definition) is 0. The number of rotatable bonds is 1. The maximum Gasteiger partial charge on any atom is 0.137 e. The molecule has 0 aliphatic carbocycles. The molecule has 0 atom stereocenters. The predicted octanol–water partition coefficient (Wildman–Crippen LogP) is 6.73. The van der Waals surface area contributed by atoms with Gasteiger partial charge in [-0.05, 0) is 38.1 Å². The van der Waals surface area contributed by atoms with Crippen molar-refractivity contribution in [2.45, 2.75) is 62.8 Å². The van der Waals surface area contributed by atoms with Crippen LogP contribution in [-0.4, -0.2) is 14.4 Å². The second-order valence-corrected chi connectivity index (χ2v) is 4.14. The lowest BCUT2D eigenvalue weighted by Crippen LogP contribution is -1.92. The normalized spacial score (nSPS) is 8.50. The lowest BCUT2D eigenvalue weighted by molar-refractivity contribution is 1.13. The van der Waals surface area contributed by atoms with Gasteiger partial charge < -0.3 is 0 Å². The van der Waals surface area contributed by atoms with Gasteiger partial charge in [-0.2, -0.15) is 0 Å². The molecule has 134 valence electrons. The molecule has 3 rings (SSSR count). The highest BCUT2D eigenvalue weighted by molar-refractivity contribution is 5.63. The highest BCUT2D eigenvalue weighted by Crippen LogP contribution is 2.22. The Morgan fingerprint density at radius 1 is 0.750 bits per heavy atom. The molecule has 3 aromatic heterocycles. The van der Waals surface area contributed by atoms with Crippen molar-refractivity contribution in [2.75, 3.05) is 0 Å². The van der Waals surface area contributed by atoms with Gasteiger partial charge in [-0.25, -0.2) is 4.98 Å². The first-order chi connectivity index (χ1) is 11.3. The van der Waals surface area contributed by atoms with Crippen molar-refractivity contribution >= 4 is 5.65 Å². The first-order valence-electron chi connectivity index (χ1n) is 8.63. The minimum absolute atomic E-state index is 0. The summed E-state index contributed by atoms with van der Waals surface area (Å²) >= 11 is 0. The minimum Gasteiger partial charge on any atom is -0.298 e. The van der Waals surface area contributed by atoms with E-state index in [0.717, 1.165) is 28.4 Å². The lowest BCUT2D eigenvalue weighted by Gasteiger charge is -2.03. The molecule has 0 amide bonds. The maximum atomic E-state index is 4.57. The van der Waals surface area contributed by atoms with E-state index >= 15 is 0 Å². The fourth-order valence-electron chi connectivity index (χ4n) is 2.10. The number of pyridine rings is 2. The largest absolute Gasteiger partial charge is 0.298 e. The summed E-state index contributed by atoms with van der Waals surface area (Å²) in [6.45, 7) is 16.0. The Morgan fingerprint density at radius 2 is 1.38 bits per heavy atom. The van der Waals surface area contributed by atoms with Gasteiger partial charge in [0, 0.05) is 11.9 Å². The monoisotopic (exact) mass is 329 g/mol. The molecule has 0 aromatic carbocycles. The van der Waals surface area contributed by atoms with Gasteiger partial charge in [-0.1, -0.05) is 61.1 Å². The molecule has 0 spiro atoms. The van der Waals surface area contributed by atoms with Gasteiger partial charge in [0.25, 0.3) is 0 Å². The van der Waals surface area contributed by atoms with Crippen molar-refractivity contribution in [1.82, 2.24) is 14.4 Å². The Morgan fingerprint density at radius 3 is 1.96 bits per heavy atom. The van der Waals surface area contributed by atoms with Crippen LogP contribution in [0.3, 0.4) is 0 Å². The van der Waals surface area contributed by atoms with Crippen molar-refractivity contribution in [1.29, 1.82) is 0 Å².